The van der Waals surface area contributed by atoms with Gasteiger partial charge in [0.2, 0.25) is 0 Å². The lowest BCUT2D eigenvalue weighted by Gasteiger charge is -2.18. The average molecular weight is 303 g/mol. The van der Waals surface area contributed by atoms with Gasteiger partial charge in [-0.25, -0.2) is 0 Å². The van der Waals surface area contributed by atoms with Crippen molar-refractivity contribution in [1.82, 2.24) is 4.98 Å². The molecule has 0 radical (unpaired) electrons. The third-order valence-corrected chi connectivity index (χ3v) is 4.83. The van der Waals surface area contributed by atoms with E-state index < -0.39 is 0 Å². The summed E-state index contributed by atoms with van der Waals surface area (Å²) in [4.78, 5) is 4.98. The van der Waals surface area contributed by atoms with Crippen LogP contribution < -0.4 is 5.32 Å². The van der Waals surface area contributed by atoms with Crippen LogP contribution in [0.1, 0.15) is 49.4 Å². The Morgan fingerprint density at radius 2 is 2.00 bits per heavy atom. The van der Waals surface area contributed by atoms with E-state index in [2.05, 4.69) is 25.2 Å². The molecule has 0 bridgehead atoms. The fraction of sp³-hybridized carbons (Fsp3) is 0.500. The summed E-state index contributed by atoms with van der Waals surface area (Å²) in [6.45, 7) is 5.29. The molecule has 0 saturated heterocycles. The standard InChI is InChI=1S/C18H23ClN2/c1-3-11-20-18-13-7-5-4-6-8-16(13)21-17-12(2)15(19)10-9-14(17)18/h9-10H,3-8,11H2,1-2H3,(H,20,21). The van der Waals surface area contributed by atoms with Crippen molar-refractivity contribution in [2.45, 2.75) is 52.4 Å². The van der Waals surface area contributed by atoms with Gasteiger partial charge in [0.05, 0.1) is 5.52 Å². The molecule has 0 spiro atoms. The van der Waals surface area contributed by atoms with Crippen LogP contribution in [0.15, 0.2) is 12.1 Å². The maximum atomic E-state index is 6.30. The van der Waals surface area contributed by atoms with E-state index in [4.69, 9.17) is 16.6 Å². The van der Waals surface area contributed by atoms with E-state index in [1.165, 1.54) is 41.6 Å². The lowest BCUT2D eigenvalue weighted by molar-refractivity contribution is 0.709. The lowest BCUT2D eigenvalue weighted by Crippen LogP contribution is -2.08. The number of aromatic nitrogens is 1. The van der Waals surface area contributed by atoms with Gasteiger partial charge >= 0.3 is 0 Å². The highest BCUT2D eigenvalue weighted by Crippen LogP contribution is 2.35. The van der Waals surface area contributed by atoms with E-state index >= 15 is 0 Å². The highest BCUT2D eigenvalue weighted by atomic mass is 35.5. The molecule has 1 aromatic carbocycles. The minimum atomic E-state index is 0.810. The van der Waals surface area contributed by atoms with Gasteiger partial charge < -0.3 is 5.32 Å². The van der Waals surface area contributed by atoms with E-state index in [1.54, 1.807) is 0 Å². The Balaban J connectivity index is 2.26. The quantitative estimate of drug-likeness (QED) is 0.779. The number of rotatable bonds is 3. The van der Waals surface area contributed by atoms with Gasteiger partial charge in [-0.2, -0.15) is 0 Å². The summed E-state index contributed by atoms with van der Waals surface area (Å²) in [5.41, 5.74) is 6.19. The van der Waals surface area contributed by atoms with Crippen LogP contribution in [0.2, 0.25) is 5.02 Å². The Morgan fingerprint density at radius 1 is 1.19 bits per heavy atom. The third kappa shape index (κ3) is 2.74. The Bertz CT molecular complexity index is 664. The molecule has 2 aromatic rings. The van der Waals surface area contributed by atoms with Crippen LogP contribution in [0.4, 0.5) is 5.69 Å². The zero-order chi connectivity index (χ0) is 14.8. The van der Waals surface area contributed by atoms with Gasteiger partial charge in [-0.1, -0.05) is 24.9 Å². The molecule has 0 amide bonds. The number of pyridine rings is 1. The van der Waals surface area contributed by atoms with Crippen molar-refractivity contribution in [3.05, 3.63) is 34.0 Å². The minimum Gasteiger partial charge on any atom is -0.384 e. The highest BCUT2D eigenvalue weighted by Gasteiger charge is 2.18. The van der Waals surface area contributed by atoms with Gasteiger partial charge in [-0.3, -0.25) is 4.98 Å². The molecule has 112 valence electrons. The van der Waals surface area contributed by atoms with Crippen LogP contribution in [-0.2, 0) is 12.8 Å². The van der Waals surface area contributed by atoms with Crippen LogP contribution in [0.3, 0.4) is 0 Å². The first-order valence-corrected chi connectivity index (χ1v) is 8.44. The van der Waals surface area contributed by atoms with Crippen molar-refractivity contribution in [1.29, 1.82) is 0 Å². The molecule has 1 N–H and O–H groups in total. The smallest absolute Gasteiger partial charge is 0.0770 e. The Labute approximate surface area is 131 Å². The fourth-order valence-corrected chi connectivity index (χ4v) is 3.38. The van der Waals surface area contributed by atoms with E-state index in [1.807, 2.05) is 6.07 Å². The van der Waals surface area contributed by atoms with Gasteiger partial charge in [-0.15, -0.1) is 0 Å². The highest BCUT2D eigenvalue weighted by molar-refractivity contribution is 6.32. The number of nitrogens with one attached hydrogen (secondary N) is 1. The Kier molecular flexibility index (Phi) is 4.34. The monoisotopic (exact) mass is 302 g/mol. The largest absolute Gasteiger partial charge is 0.384 e. The SMILES string of the molecule is CCCNc1c2c(nc3c(C)c(Cl)ccc13)CCCCC2. The molecule has 0 unspecified atom stereocenters. The molecular formula is C18H23ClN2. The van der Waals surface area contributed by atoms with E-state index in [0.29, 0.717) is 0 Å². The van der Waals surface area contributed by atoms with Gasteiger partial charge in [0.1, 0.15) is 0 Å². The van der Waals surface area contributed by atoms with Crippen LogP contribution in [0.5, 0.6) is 0 Å². The first-order chi connectivity index (χ1) is 10.2. The van der Waals surface area contributed by atoms with Gasteiger partial charge in [0.15, 0.2) is 0 Å². The fourth-order valence-electron chi connectivity index (χ4n) is 3.23. The minimum absolute atomic E-state index is 0.810. The van der Waals surface area contributed by atoms with Crippen molar-refractivity contribution in [3.63, 3.8) is 0 Å². The molecule has 1 aliphatic rings. The van der Waals surface area contributed by atoms with Gasteiger partial charge in [-0.05, 0) is 62.3 Å². The summed E-state index contributed by atoms with van der Waals surface area (Å²) in [5.74, 6) is 0. The molecule has 3 heteroatoms. The molecular weight excluding hydrogens is 280 g/mol. The number of hydrogen-bond donors (Lipinski definition) is 1. The maximum Gasteiger partial charge on any atom is 0.0770 e. The molecule has 3 rings (SSSR count). The molecule has 1 aliphatic carbocycles. The van der Waals surface area contributed by atoms with Crippen molar-refractivity contribution in [2.24, 2.45) is 0 Å². The first-order valence-electron chi connectivity index (χ1n) is 8.06. The zero-order valence-corrected chi connectivity index (χ0v) is 13.7. The Morgan fingerprint density at radius 3 is 2.81 bits per heavy atom. The summed E-state index contributed by atoms with van der Waals surface area (Å²) in [6, 6.07) is 4.13. The van der Waals surface area contributed by atoms with Crippen molar-refractivity contribution in [2.75, 3.05) is 11.9 Å². The first kappa shape index (κ1) is 14.6. The number of fused-ring (bicyclic) bond motifs is 2. The lowest BCUT2D eigenvalue weighted by atomic mass is 10.00. The van der Waals surface area contributed by atoms with Gasteiger partial charge in [0, 0.05) is 28.3 Å². The number of aryl methyl sites for hydroxylation is 2. The summed E-state index contributed by atoms with van der Waals surface area (Å²) in [5, 5.41) is 5.69. The molecule has 1 aromatic heterocycles. The van der Waals surface area contributed by atoms with Gasteiger partial charge in [0.25, 0.3) is 0 Å². The Hall–Kier alpha value is -1.28. The second-order valence-electron chi connectivity index (χ2n) is 5.97. The molecule has 0 aliphatic heterocycles. The molecule has 0 saturated carbocycles. The number of nitrogens with zero attached hydrogens (tertiary/aromatic N) is 1. The molecule has 0 fully saturated rings. The number of hydrogen-bond acceptors (Lipinski definition) is 2. The average Bonchev–Trinajstić information content (AvgIpc) is 2.73. The summed E-state index contributed by atoms with van der Waals surface area (Å²) >= 11 is 6.30. The second-order valence-corrected chi connectivity index (χ2v) is 6.38. The van der Waals surface area contributed by atoms with Crippen LogP contribution >= 0.6 is 11.6 Å². The molecule has 21 heavy (non-hydrogen) atoms. The van der Waals surface area contributed by atoms with Crippen molar-refractivity contribution in [3.8, 4) is 0 Å². The second kappa shape index (κ2) is 6.23. The van der Waals surface area contributed by atoms with Crippen molar-refractivity contribution < 1.29 is 0 Å². The normalized spacial score (nSPS) is 14.8. The molecule has 2 nitrogen and oxygen atoms in total. The van der Waals surface area contributed by atoms with Crippen LogP contribution in [-0.4, -0.2) is 11.5 Å². The van der Waals surface area contributed by atoms with Crippen LogP contribution in [0.25, 0.3) is 10.9 Å². The molecule has 1 heterocycles. The third-order valence-electron chi connectivity index (χ3n) is 4.42. The summed E-state index contributed by atoms with van der Waals surface area (Å²) in [7, 11) is 0. The number of benzene rings is 1. The number of anilines is 1. The summed E-state index contributed by atoms with van der Waals surface area (Å²) in [6.07, 6.45) is 7.20. The summed E-state index contributed by atoms with van der Waals surface area (Å²) < 4.78 is 0. The van der Waals surface area contributed by atoms with E-state index in [0.717, 1.165) is 41.9 Å². The maximum absolute atomic E-state index is 6.30. The number of halogens is 1. The zero-order valence-electron chi connectivity index (χ0n) is 12.9. The topological polar surface area (TPSA) is 24.9 Å². The molecule has 0 atom stereocenters. The van der Waals surface area contributed by atoms with E-state index in [9.17, 15) is 0 Å². The van der Waals surface area contributed by atoms with E-state index in [-0.39, 0.29) is 0 Å². The van der Waals surface area contributed by atoms with Crippen molar-refractivity contribution >= 4 is 28.2 Å². The predicted octanol–water partition coefficient (Wildman–Crippen LogP) is 5.29. The predicted molar refractivity (Wildman–Crippen MR) is 91.5 cm³/mol. The van der Waals surface area contributed by atoms with Crippen LogP contribution in [0, 0.1) is 6.92 Å².